The molecule has 23 heavy (non-hydrogen) atoms. The third kappa shape index (κ3) is 7.47. The highest BCUT2D eigenvalue weighted by Crippen LogP contribution is 2.17. The molecule has 1 fully saturated rings. The lowest BCUT2D eigenvalue weighted by molar-refractivity contribution is -0.120. The topological polar surface area (TPSA) is 78.4 Å². The number of carbonyl (C=O) groups excluding carboxylic acids is 1. The largest absolute Gasteiger partial charge is 0.352 e. The number of nitrogens with one attached hydrogen (secondary N) is 3. The number of hydrogen-bond donors (Lipinski definition) is 3. The maximum atomic E-state index is 11.9. The predicted molar refractivity (Wildman–Crippen MR) is 105 cm³/mol. The molecule has 0 saturated heterocycles. The van der Waals surface area contributed by atoms with E-state index in [0.29, 0.717) is 18.5 Å². The van der Waals surface area contributed by atoms with Gasteiger partial charge >= 0.3 is 0 Å². The molecule has 0 atom stereocenters. The number of guanidine groups is 1. The van der Waals surface area contributed by atoms with Crippen LogP contribution in [0.5, 0.6) is 0 Å². The molecule has 1 aromatic heterocycles. The molecule has 130 valence electrons. The van der Waals surface area contributed by atoms with Crippen LogP contribution in [0.2, 0.25) is 0 Å². The zero-order valence-corrected chi connectivity index (χ0v) is 16.9. The molecule has 0 aromatic carbocycles. The minimum atomic E-state index is 0. The summed E-state index contributed by atoms with van der Waals surface area (Å²) in [7, 11) is 1.70. The molecular weight excluding hydrogens is 425 g/mol. The number of thiazole rings is 1. The van der Waals surface area contributed by atoms with E-state index >= 15 is 0 Å². The fourth-order valence-corrected chi connectivity index (χ4v) is 3.28. The van der Waals surface area contributed by atoms with E-state index in [0.717, 1.165) is 17.8 Å². The van der Waals surface area contributed by atoms with Crippen LogP contribution in [-0.4, -0.2) is 36.5 Å². The van der Waals surface area contributed by atoms with Crippen molar-refractivity contribution in [1.29, 1.82) is 0 Å². The lowest BCUT2D eigenvalue weighted by atomic mass is 9.95. The molecule has 0 spiro atoms. The quantitative estimate of drug-likeness (QED) is 0.365. The van der Waals surface area contributed by atoms with Crippen LogP contribution in [0.3, 0.4) is 0 Å². The van der Waals surface area contributed by atoms with Crippen molar-refractivity contribution in [2.75, 3.05) is 13.6 Å². The molecule has 0 bridgehead atoms. The lowest BCUT2D eigenvalue weighted by Gasteiger charge is -2.23. The van der Waals surface area contributed by atoms with E-state index < -0.39 is 0 Å². The van der Waals surface area contributed by atoms with Gasteiger partial charge in [0.05, 0.1) is 13.1 Å². The van der Waals surface area contributed by atoms with Crippen molar-refractivity contribution in [1.82, 2.24) is 20.9 Å². The first-order valence-electron chi connectivity index (χ1n) is 7.82. The van der Waals surface area contributed by atoms with E-state index in [9.17, 15) is 4.79 Å². The van der Waals surface area contributed by atoms with Crippen LogP contribution in [0.4, 0.5) is 0 Å². The number of nitrogens with zero attached hydrogens (tertiary/aromatic N) is 2. The SMILES string of the molecule is CN=C(NCC(=O)NC1CCCCC1)NCc1ncc(C)s1.I. The second kappa shape index (κ2) is 10.8. The second-order valence-electron chi connectivity index (χ2n) is 5.55. The molecule has 1 saturated carbocycles. The first-order chi connectivity index (χ1) is 10.7. The minimum Gasteiger partial charge on any atom is -0.352 e. The van der Waals surface area contributed by atoms with Crippen LogP contribution in [0, 0.1) is 6.92 Å². The van der Waals surface area contributed by atoms with Crippen LogP contribution in [0.1, 0.15) is 42.0 Å². The van der Waals surface area contributed by atoms with Crippen molar-refractivity contribution >= 4 is 47.2 Å². The Morgan fingerprint density at radius 2 is 2.09 bits per heavy atom. The Kier molecular flexibility index (Phi) is 9.46. The van der Waals surface area contributed by atoms with Crippen LogP contribution in [-0.2, 0) is 11.3 Å². The van der Waals surface area contributed by atoms with E-state index in [2.05, 4.69) is 25.9 Å². The molecule has 1 amide bonds. The molecule has 0 unspecified atom stereocenters. The summed E-state index contributed by atoms with van der Waals surface area (Å²) in [6, 6.07) is 0.344. The van der Waals surface area contributed by atoms with Crippen LogP contribution in [0.15, 0.2) is 11.2 Å². The summed E-state index contributed by atoms with van der Waals surface area (Å²) in [5.41, 5.74) is 0. The van der Waals surface area contributed by atoms with E-state index in [1.807, 2.05) is 13.1 Å². The van der Waals surface area contributed by atoms with Crippen molar-refractivity contribution in [3.8, 4) is 0 Å². The molecule has 1 aliphatic rings. The second-order valence-corrected chi connectivity index (χ2v) is 6.87. The number of hydrogen-bond acceptors (Lipinski definition) is 4. The zero-order chi connectivity index (χ0) is 15.8. The molecule has 6 nitrogen and oxygen atoms in total. The van der Waals surface area contributed by atoms with Gasteiger partial charge in [0.2, 0.25) is 5.91 Å². The van der Waals surface area contributed by atoms with Gasteiger partial charge in [-0.3, -0.25) is 9.79 Å². The monoisotopic (exact) mass is 451 g/mol. The third-order valence-corrected chi connectivity index (χ3v) is 4.60. The van der Waals surface area contributed by atoms with Gasteiger partial charge in [0, 0.05) is 24.2 Å². The summed E-state index contributed by atoms with van der Waals surface area (Å²) < 4.78 is 0. The summed E-state index contributed by atoms with van der Waals surface area (Å²) in [6.07, 6.45) is 7.78. The van der Waals surface area contributed by atoms with Crippen molar-refractivity contribution in [3.05, 3.63) is 16.1 Å². The molecule has 3 N–H and O–H groups in total. The fourth-order valence-electron chi connectivity index (χ4n) is 2.55. The van der Waals surface area contributed by atoms with Crippen molar-refractivity contribution < 1.29 is 4.79 Å². The van der Waals surface area contributed by atoms with Crippen LogP contribution >= 0.6 is 35.3 Å². The Labute approximate surface area is 159 Å². The van der Waals surface area contributed by atoms with Gasteiger partial charge in [-0.05, 0) is 19.8 Å². The van der Waals surface area contributed by atoms with E-state index in [1.54, 1.807) is 18.4 Å². The summed E-state index contributed by atoms with van der Waals surface area (Å²) in [6.45, 7) is 2.89. The Hall–Kier alpha value is -0.900. The smallest absolute Gasteiger partial charge is 0.239 e. The van der Waals surface area contributed by atoms with Gasteiger partial charge in [0.1, 0.15) is 5.01 Å². The van der Waals surface area contributed by atoms with Crippen molar-refractivity contribution in [2.45, 2.75) is 51.6 Å². The Morgan fingerprint density at radius 1 is 1.35 bits per heavy atom. The predicted octanol–water partition coefficient (Wildman–Crippen LogP) is 2.18. The van der Waals surface area contributed by atoms with Gasteiger partial charge in [0.15, 0.2) is 5.96 Å². The molecule has 2 rings (SSSR count). The number of aromatic nitrogens is 1. The Bertz CT molecular complexity index is 514. The highest BCUT2D eigenvalue weighted by atomic mass is 127. The lowest BCUT2D eigenvalue weighted by Crippen LogP contribution is -2.45. The molecule has 1 aliphatic carbocycles. The van der Waals surface area contributed by atoms with Crippen LogP contribution in [0.25, 0.3) is 0 Å². The maximum Gasteiger partial charge on any atom is 0.239 e. The molecule has 0 radical (unpaired) electrons. The van der Waals surface area contributed by atoms with E-state index in [1.165, 1.54) is 24.1 Å². The van der Waals surface area contributed by atoms with Crippen molar-refractivity contribution in [3.63, 3.8) is 0 Å². The Balaban J connectivity index is 0.00000264. The average molecular weight is 451 g/mol. The Morgan fingerprint density at radius 3 is 2.70 bits per heavy atom. The standard InChI is InChI=1S/C15H25N5OS.HI/c1-11-8-17-14(22-11)10-19-15(16-2)18-9-13(21)20-12-6-4-3-5-7-12;/h8,12H,3-7,9-10H2,1-2H3,(H,20,21)(H2,16,18,19);1H. The summed E-state index contributed by atoms with van der Waals surface area (Å²) in [4.78, 5) is 21.5. The van der Waals surface area contributed by atoms with Gasteiger partial charge in [-0.1, -0.05) is 19.3 Å². The molecule has 8 heteroatoms. The first-order valence-corrected chi connectivity index (χ1v) is 8.64. The summed E-state index contributed by atoms with van der Waals surface area (Å²) >= 11 is 1.65. The molecule has 1 heterocycles. The van der Waals surface area contributed by atoms with E-state index in [4.69, 9.17) is 0 Å². The minimum absolute atomic E-state index is 0. The average Bonchev–Trinajstić information content (AvgIpc) is 2.94. The van der Waals surface area contributed by atoms with Gasteiger partial charge in [0.25, 0.3) is 0 Å². The molecular formula is C15H26IN5OS. The number of carbonyl (C=O) groups is 1. The highest BCUT2D eigenvalue weighted by Gasteiger charge is 2.15. The number of aryl methyl sites for hydroxylation is 1. The number of aliphatic imine (C=N–C) groups is 1. The van der Waals surface area contributed by atoms with Crippen LogP contribution < -0.4 is 16.0 Å². The first kappa shape index (κ1) is 20.1. The summed E-state index contributed by atoms with van der Waals surface area (Å²) in [5, 5.41) is 10.3. The molecule has 0 aliphatic heterocycles. The molecule has 1 aromatic rings. The summed E-state index contributed by atoms with van der Waals surface area (Å²) in [5.74, 6) is 0.645. The fraction of sp³-hybridized carbons (Fsp3) is 0.667. The zero-order valence-electron chi connectivity index (χ0n) is 13.7. The van der Waals surface area contributed by atoms with Gasteiger partial charge in [-0.15, -0.1) is 35.3 Å². The van der Waals surface area contributed by atoms with Gasteiger partial charge in [-0.25, -0.2) is 4.98 Å². The highest BCUT2D eigenvalue weighted by molar-refractivity contribution is 14.0. The van der Waals surface area contributed by atoms with Gasteiger partial charge < -0.3 is 16.0 Å². The number of amides is 1. The number of halogens is 1. The van der Waals surface area contributed by atoms with Crippen molar-refractivity contribution in [2.24, 2.45) is 4.99 Å². The third-order valence-electron chi connectivity index (χ3n) is 3.69. The van der Waals surface area contributed by atoms with E-state index in [-0.39, 0.29) is 36.4 Å². The van der Waals surface area contributed by atoms with Gasteiger partial charge in [-0.2, -0.15) is 0 Å². The maximum absolute atomic E-state index is 11.9. The normalized spacial score (nSPS) is 15.7. The number of rotatable bonds is 5.